The van der Waals surface area contributed by atoms with Crippen LogP contribution in [0.15, 0.2) is 4.99 Å². The lowest BCUT2D eigenvalue weighted by molar-refractivity contribution is -0.128. The largest absolute Gasteiger partial charge is 0.383 e. The van der Waals surface area contributed by atoms with Crippen LogP contribution in [0.2, 0.25) is 0 Å². The van der Waals surface area contributed by atoms with Crippen molar-refractivity contribution >= 4 is 11.9 Å². The van der Waals surface area contributed by atoms with Gasteiger partial charge in [-0.05, 0) is 0 Å². The van der Waals surface area contributed by atoms with E-state index in [0.717, 1.165) is 0 Å². The summed E-state index contributed by atoms with van der Waals surface area (Å²) in [7, 11) is 3.36. The molecule has 0 saturated carbocycles. The Bertz CT molecular complexity index is 272. The maximum Gasteiger partial charge on any atom is 0.225 e. The van der Waals surface area contributed by atoms with Crippen molar-refractivity contribution < 1.29 is 9.53 Å². The summed E-state index contributed by atoms with van der Waals surface area (Å²) in [6, 6.07) is 0. The molecule has 0 aliphatic rings. The van der Waals surface area contributed by atoms with Crippen LogP contribution >= 0.6 is 0 Å². The molecule has 6 nitrogen and oxygen atoms in total. The van der Waals surface area contributed by atoms with Gasteiger partial charge in [0, 0.05) is 39.2 Å². The normalized spacial score (nSPS) is 12.2. The summed E-state index contributed by atoms with van der Waals surface area (Å²) >= 11 is 0. The third-order valence-corrected chi connectivity index (χ3v) is 2.21. The van der Waals surface area contributed by atoms with E-state index in [1.54, 1.807) is 14.2 Å². The van der Waals surface area contributed by atoms with Gasteiger partial charge in [0.25, 0.3) is 0 Å². The zero-order chi connectivity index (χ0) is 14.0. The first kappa shape index (κ1) is 16.7. The maximum absolute atomic E-state index is 11.6. The first-order valence-corrected chi connectivity index (χ1v) is 6.13. The van der Waals surface area contributed by atoms with Crippen molar-refractivity contribution in [1.29, 1.82) is 0 Å². The van der Waals surface area contributed by atoms with Crippen LogP contribution in [0.4, 0.5) is 0 Å². The van der Waals surface area contributed by atoms with Crippen LogP contribution < -0.4 is 16.0 Å². The van der Waals surface area contributed by atoms with Crippen LogP contribution in [0.25, 0.3) is 0 Å². The van der Waals surface area contributed by atoms with E-state index in [-0.39, 0.29) is 11.3 Å². The highest BCUT2D eigenvalue weighted by molar-refractivity contribution is 5.81. The predicted molar refractivity (Wildman–Crippen MR) is 73.7 cm³/mol. The second-order valence-electron chi connectivity index (χ2n) is 4.92. The van der Waals surface area contributed by atoms with E-state index < -0.39 is 0 Å². The van der Waals surface area contributed by atoms with Gasteiger partial charge >= 0.3 is 0 Å². The lowest BCUT2D eigenvalue weighted by Gasteiger charge is -2.18. The highest BCUT2D eigenvalue weighted by Gasteiger charge is 2.20. The molecule has 6 heteroatoms. The van der Waals surface area contributed by atoms with Crippen LogP contribution in [-0.4, -0.2) is 52.3 Å². The summed E-state index contributed by atoms with van der Waals surface area (Å²) in [6.07, 6.45) is 0. The molecule has 18 heavy (non-hydrogen) atoms. The van der Waals surface area contributed by atoms with Crippen molar-refractivity contribution in [2.45, 2.75) is 20.8 Å². The molecule has 0 aliphatic carbocycles. The molecule has 0 bridgehead atoms. The Labute approximate surface area is 110 Å². The third-order valence-electron chi connectivity index (χ3n) is 2.21. The highest BCUT2D eigenvalue weighted by atomic mass is 16.5. The number of hydrogen-bond acceptors (Lipinski definition) is 3. The molecular formula is C12H26N4O2. The van der Waals surface area contributed by atoms with Gasteiger partial charge in [-0.25, -0.2) is 0 Å². The predicted octanol–water partition coefficient (Wildman–Crippen LogP) is -0.0399. The van der Waals surface area contributed by atoms with E-state index >= 15 is 0 Å². The van der Waals surface area contributed by atoms with Crippen molar-refractivity contribution in [2.24, 2.45) is 10.4 Å². The molecule has 0 aromatic heterocycles. The fourth-order valence-corrected chi connectivity index (χ4v) is 1.11. The molecule has 0 aliphatic heterocycles. The van der Waals surface area contributed by atoms with Gasteiger partial charge in [0.2, 0.25) is 5.91 Å². The van der Waals surface area contributed by atoms with E-state index in [1.165, 1.54) is 0 Å². The van der Waals surface area contributed by atoms with Crippen LogP contribution in [0.5, 0.6) is 0 Å². The Balaban J connectivity index is 3.73. The van der Waals surface area contributed by atoms with Gasteiger partial charge in [-0.3, -0.25) is 9.79 Å². The van der Waals surface area contributed by atoms with E-state index in [0.29, 0.717) is 32.2 Å². The topological polar surface area (TPSA) is 74.8 Å². The van der Waals surface area contributed by atoms with E-state index in [9.17, 15) is 4.79 Å². The lowest BCUT2D eigenvalue weighted by atomic mass is 9.96. The van der Waals surface area contributed by atoms with Crippen LogP contribution in [0.1, 0.15) is 20.8 Å². The minimum atomic E-state index is -0.349. The Morgan fingerprint density at radius 1 is 1.11 bits per heavy atom. The second kappa shape index (κ2) is 8.74. The summed E-state index contributed by atoms with van der Waals surface area (Å²) in [4.78, 5) is 15.6. The zero-order valence-corrected chi connectivity index (χ0v) is 12.1. The number of hydrogen-bond donors (Lipinski definition) is 3. The first-order chi connectivity index (χ1) is 8.41. The van der Waals surface area contributed by atoms with Gasteiger partial charge in [-0.1, -0.05) is 20.8 Å². The Morgan fingerprint density at radius 3 is 2.17 bits per heavy atom. The lowest BCUT2D eigenvalue weighted by Crippen LogP contribution is -2.44. The third kappa shape index (κ3) is 7.89. The number of rotatable bonds is 6. The molecular weight excluding hydrogens is 232 g/mol. The molecule has 0 heterocycles. The summed E-state index contributed by atoms with van der Waals surface area (Å²) in [5.41, 5.74) is -0.349. The molecule has 1 amide bonds. The molecule has 0 unspecified atom stereocenters. The first-order valence-electron chi connectivity index (χ1n) is 6.13. The molecule has 3 N–H and O–H groups in total. The summed E-state index contributed by atoms with van der Waals surface area (Å²) in [6.45, 7) is 8.20. The molecule has 0 saturated heterocycles. The number of aliphatic imine (C=N–C) groups is 1. The second-order valence-corrected chi connectivity index (χ2v) is 4.92. The monoisotopic (exact) mass is 258 g/mol. The summed E-state index contributed by atoms with van der Waals surface area (Å²) in [5.74, 6) is 0.753. The molecule has 106 valence electrons. The number of methoxy groups -OCH3 is 1. The van der Waals surface area contributed by atoms with Crippen molar-refractivity contribution in [2.75, 3.05) is 40.4 Å². The summed E-state index contributed by atoms with van der Waals surface area (Å²) < 4.78 is 4.93. The Morgan fingerprint density at radius 2 is 1.67 bits per heavy atom. The van der Waals surface area contributed by atoms with Gasteiger partial charge in [0.05, 0.1) is 6.61 Å². The minimum absolute atomic E-state index is 0.0478. The van der Waals surface area contributed by atoms with Gasteiger partial charge in [0.15, 0.2) is 5.96 Å². The standard InChI is InChI=1S/C12H26N4O2/c1-12(2,3)10(17)14-6-7-15-11(13-4)16-8-9-18-5/h6-9H2,1-5H3,(H,14,17)(H2,13,15,16). The minimum Gasteiger partial charge on any atom is -0.383 e. The quantitative estimate of drug-likeness (QED) is 0.355. The molecule has 0 rings (SSSR count). The van der Waals surface area contributed by atoms with Crippen LogP contribution in [0, 0.1) is 5.41 Å². The molecule has 0 spiro atoms. The number of carbonyl (C=O) groups excluding carboxylic acids is 1. The number of ether oxygens (including phenoxy) is 1. The average molecular weight is 258 g/mol. The van der Waals surface area contributed by atoms with Gasteiger partial charge in [0.1, 0.15) is 0 Å². The molecule has 0 atom stereocenters. The van der Waals surface area contributed by atoms with Gasteiger partial charge in [-0.2, -0.15) is 0 Å². The Hall–Kier alpha value is -1.30. The Kier molecular flexibility index (Phi) is 8.11. The van der Waals surface area contributed by atoms with Crippen molar-refractivity contribution in [3.8, 4) is 0 Å². The molecule has 0 radical (unpaired) electrons. The maximum atomic E-state index is 11.6. The van der Waals surface area contributed by atoms with Crippen LogP contribution in [-0.2, 0) is 9.53 Å². The SMILES string of the molecule is CN=C(NCCNC(=O)C(C)(C)C)NCCOC. The number of nitrogens with one attached hydrogen (secondary N) is 3. The number of nitrogens with zero attached hydrogens (tertiary/aromatic N) is 1. The zero-order valence-electron chi connectivity index (χ0n) is 12.1. The number of guanidine groups is 1. The van der Waals surface area contributed by atoms with Gasteiger partial charge in [-0.15, -0.1) is 0 Å². The molecule has 0 fully saturated rings. The molecule has 0 aromatic rings. The van der Waals surface area contributed by atoms with E-state index in [1.807, 2.05) is 20.8 Å². The smallest absolute Gasteiger partial charge is 0.225 e. The van der Waals surface area contributed by atoms with E-state index in [2.05, 4.69) is 20.9 Å². The van der Waals surface area contributed by atoms with Crippen molar-refractivity contribution in [1.82, 2.24) is 16.0 Å². The fourth-order valence-electron chi connectivity index (χ4n) is 1.11. The highest BCUT2D eigenvalue weighted by Crippen LogP contribution is 2.11. The summed E-state index contributed by atoms with van der Waals surface area (Å²) in [5, 5.41) is 9.05. The number of amides is 1. The van der Waals surface area contributed by atoms with Crippen molar-refractivity contribution in [3.63, 3.8) is 0 Å². The average Bonchev–Trinajstić information content (AvgIpc) is 2.30. The number of carbonyl (C=O) groups is 1. The fraction of sp³-hybridized carbons (Fsp3) is 0.833. The van der Waals surface area contributed by atoms with Crippen molar-refractivity contribution in [3.05, 3.63) is 0 Å². The van der Waals surface area contributed by atoms with E-state index in [4.69, 9.17) is 4.74 Å². The van der Waals surface area contributed by atoms with Crippen LogP contribution in [0.3, 0.4) is 0 Å². The van der Waals surface area contributed by atoms with Gasteiger partial charge < -0.3 is 20.7 Å². The molecule has 0 aromatic carbocycles.